The number of rotatable bonds is 3. The van der Waals surface area contributed by atoms with Crippen LogP contribution in [-0.2, 0) is 0 Å². The molecule has 88 valence electrons. The lowest BCUT2D eigenvalue weighted by Gasteiger charge is -2.04. The molecule has 0 spiro atoms. The lowest BCUT2D eigenvalue weighted by atomic mass is 10.2. The van der Waals surface area contributed by atoms with Gasteiger partial charge >= 0.3 is 5.97 Å². The second-order valence-electron chi connectivity index (χ2n) is 3.31. The lowest BCUT2D eigenvalue weighted by molar-refractivity contribution is 0.0687. The first-order valence-corrected chi connectivity index (χ1v) is 5.04. The molecular formula is C10H8ClN3O3. The van der Waals surface area contributed by atoms with E-state index >= 15 is 0 Å². The number of hydrogen-bond donors (Lipinski definition) is 2. The quantitative estimate of drug-likeness (QED) is 0.876. The topological polar surface area (TPSA) is 88.1 Å². The summed E-state index contributed by atoms with van der Waals surface area (Å²) >= 11 is 5.86. The van der Waals surface area contributed by atoms with Crippen LogP contribution in [0, 0.1) is 6.92 Å². The average molecular weight is 254 g/mol. The fourth-order valence-electron chi connectivity index (χ4n) is 1.23. The molecule has 1 aromatic heterocycles. The van der Waals surface area contributed by atoms with Crippen LogP contribution in [0.1, 0.15) is 16.1 Å². The van der Waals surface area contributed by atoms with Crippen LogP contribution in [0.2, 0.25) is 5.02 Å². The van der Waals surface area contributed by atoms with Crippen molar-refractivity contribution in [3.63, 3.8) is 0 Å². The summed E-state index contributed by atoms with van der Waals surface area (Å²) in [4.78, 5) is 10.8. The van der Waals surface area contributed by atoms with E-state index in [0.717, 1.165) is 5.56 Å². The van der Waals surface area contributed by atoms with Crippen molar-refractivity contribution in [2.75, 3.05) is 0 Å². The summed E-state index contributed by atoms with van der Waals surface area (Å²) in [5.74, 6) is -0.765. The molecule has 0 unspecified atom stereocenters. The zero-order valence-electron chi connectivity index (χ0n) is 8.77. The highest BCUT2D eigenvalue weighted by molar-refractivity contribution is 6.31. The molecule has 0 radical (unpaired) electrons. The van der Waals surface area contributed by atoms with Gasteiger partial charge in [0, 0.05) is 5.02 Å². The molecule has 0 saturated carbocycles. The summed E-state index contributed by atoms with van der Waals surface area (Å²) in [7, 11) is 0. The Morgan fingerprint density at radius 3 is 2.94 bits per heavy atom. The molecule has 0 fully saturated rings. The van der Waals surface area contributed by atoms with Gasteiger partial charge in [-0.2, -0.15) is 0 Å². The summed E-state index contributed by atoms with van der Waals surface area (Å²) in [6.45, 7) is 1.82. The van der Waals surface area contributed by atoms with E-state index in [1.165, 1.54) is 0 Å². The summed E-state index contributed by atoms with van der Waals surface area (Å²) < 4.78 is 5.33. The van der Waals surface area contributed by atoms with Gasteiger partial charge in [0.25, 0.3) is 5.88 Å². The number of aromatic amines is 1. The minimum atomic E-state index is -1.21. The predicted molar refractivity (Wildman–Crippen MR) is 59.6 cm³/mol. The molecule has 2 N–H and O–H groups in total. The van der Waals surface area contributed by atoms with Gasteiger partial charge in [-0.1, -0.05) is 16.8 Å². The van der Waals surface area contributed by atoms with E-state index < -0.39 is 5.97 Å². The van der Waals surface area contributed by atoms with Crippen molar-refractivity contribution < 1.29 is 14.6 Å². The molecule has 0 amide bonds. The van der Waals surface area contributed by atoms with Gasteiger partial charge in [-0.05, 0) is 30.7 Å². The number of nitrogens with zero attached hydrogens (tertiary/aromatic N) is 2. The number of hydrogen-bond acceptors (Lipinski definition) is 4. The highest BCUT2D eigenvalue weighted by Crippen LogP contribution is 2.25. The molecule has 1 heterocycles. The maximum Gasteiger partial charge on any atom is 0.362 e. The fourth-order valence-corrected chi connectivity index (χ4v) is 1.35. The standard InChI is InChI=1S/C10H8ClN3O3/c1-5-4-6(2-3-7(5)11)17-9-8(10(15)16)12-14-13-9/h2-4H,1H3,(H,15,16)(H,12,13,14). The normalized spacial score (nSPS) is 10.2. The number of benzene rings is 1. The van der Waals surface area contributed by atoms with E-state index in [1.54, 1.807) is 18.2 Å². The third-order valence-corrected chi connectivity index (χ3v) is 2.49. The van der Waals surface area contributed by atoms with E-state index in [2.05, 4.69) is 15.4 Å². The van der Waals surface area contributed by atoms with E-state index in [1.807, 2.05) is 6.92 Å². The van der Waals surface area contributed by atoms with Crippen LogP contribution < -0.4 is 4.74 Å². The molecule has 0 aliphatic carbocycles. The Hall–Kier alpha value is -2.08. The highest BCUT2D eigenvalue weighted by atomic mass is 35.5. The minimum absolute atomic E-state index is 0.0146. The highest BCUT2D eigenvalue weighted by Gasteiger charge is 2.16. The van der Waals surface area contributed by atoms with Crippen LogP contribution in [0.3, 0.4) is 0 Å². The second-order valence-corrected chi connectivity index (χ2v) is 3.71. The SMILES string of the molecule is Cc1cc(Oc2[nH]nnc2C(=O)O)ccc1Cl. The van der Waals surface area contributed by atoms with Crippen LogP contribution in [0.4, 0.5) is 0 Å². The first kappa shape index (κ1) is 11.4. The smallest absolute Gasteiger partial charge is 0.362 e. The van der Waals surface area contributed by atoms with Gasteiger partial charge in [0.2, 0.25) is 5.69 Å². The molecule has 1 aromatic carbocycles. The first-order chi connectivity index (χ1) is 8.08. The number of H-pyrrole nitrogens is 1. The largest absolute Gasteiger partial charge is 0.476 e. The molecule has 0 aliphatic rings. The summed E-state index contributed by atoms with van der Waals surface area (Å²) in [5, 5.41) is 18.6. The van der Waals surface area contributed by atoms with Crippen molar-refractivity contribution in [3.05, 3.63) is 34.5 Å². The monoisotopic (exact) mass is 253 g/mol. The molecule has 7 heteroatoms. The van der Waals surface area contributed by atoms with Crippen LogP contribution in [0.15, 0.2) is 18.2 Å². The van der Waals surface area contributed by atoms with E-state index in [-0.39, 0.29) is 11.6 Å². The van der Waals surface area contributed by atoms with Crippen molar-refractivity contribution in [3.8, 4) is 11.6 Å². The Bertz CT molecular complexity index is 568. The van der Waals surface area contributed by atoms with Gasteiger partial charge in [-0.25, -0.2) is 9.89 Å². The summed E-state index contributed by atoms with van der Waals surface area (Å²) in [6, 6.07) is 4.98. The van der Waals surface area contributed by atoms with Crippen molar-refractivity contribution in [2.24, 2.45) is 0 Å². The number of carbonyl (C=O) groups is 1. The van der Waals surface area contributed by atoms with Gasteiger partial charge < -0.3 is 9.84 Å². The van der Waals surface area contributed by atoms with Crippen LogP contribution in [0.25, 0.3) is 0 Å². The van der Waals surface area contributed by atoms with E-state index in [9.17, 15) is 4.79 Å². The number of nitrogens with one attached hydrogen (secondary N) is 1. The van der Waals surface area contributed by atoms with Gasteiger partial charge in [-0.3, -0.25) is 0 Å². The van der Waals surface area contributed by atoms with Crippen LogP contribution >= 0.6 is 11.6 Å². The number of carboxylic acids is 1. The maximum atomic E-state index is 10.8. The Balaban J connectivity index is 2.28. The van der Waals surface area contributed by atoms with Crippen molar-refractivity contribution in [1.29, 1.82) is 0 Å². The molecule has 0 aliphatic heterocycles. The Kier molecular flexibility index (Phi) is 2.97. The molecule has 6 nitrogen and oxygen atoms in total. The molecule has 2 rings (SSSR count). The van der Waals surface area contributed by atoms with Crippen molar-refractivity contribution in [2.45, 2.75) is 6.92 Å². The van der Waals surface area contributed by atoms with E-state index in [4.69, 9.17) is 21.4 Å². The molecule has 2 aromatic rings. The molecule has 0 saturated heterocycles. The Morgan fingerprint density at radius 1 is 1.53 bits per heavy atom. The number of carboxylic acid groups (broad SMARTS) is 1. The predicted octanol–water partition coefficient (Wildman–Crippen LogP) is 2.26. The number of ether oxygens (including phenoxy) is 1. The molecular weight excluding hydrogens is 246 g/mol. The van der Waals surface area contributed by atoms with E-state index in [0.29, 0.717) is 10.8 Å². The van der Waals surface area contributed by atoms with Gasteiger partial charge in [0.1, 0.15) is 5.75 Å². The number of aromatic nitrogens is 3. The van der Waals surface area contributed by atoms with Crippen LogP contribution in [-0.4, -0.2) is 26.5 Å². The van der Waals surface area contributed by atoms with Crippen LogP contribution in [0.5, 0.6) is 11.6 Å². The van der Waals surface area contributed by atoms with Crippen molar-refractivity contribution in [1.82, 2.24) is 15.4 Å². The van der Waals surface area contributed by atoms with Gasteiger partial charge in [0.05, 0.1) is 0 Å². The van der Waals surface area contributed by atoms with Gasteiger partial charge in [-0.15, -0.1) is 5.10 Å². The molecule has 0 atom stereocenters. The average Bonchev–Trinajstić information content (AvgIpc) is 2.72. The maximum absolute atomic E-state index is 10.8. The third kappa shape index (κ3) is 2.36. The zero-order chi connectivity index (χ0) is 12.4. The summed E-state index contributed by atoms with van der Waals surface area (Å²) in [6.07, 6.45) is 0. The number of aromatic carboxylic acids is 1. The fraction of sp³-hybridized carbons (Fsp3) is 0.100. The summed E-state index contributed by atoms with van der Waals surface area (Å²) in [5.41, 5.74) is 0.561. The van der Waals surface area contributed by atoms with Gasteiger partial charge in [0.15, 0.2) is 0 Å². The second kappa shape index (κ2) is 4.42. The lowest BCUT2D eigenvalue weighted by Crippen LogP contribution is -1.99. The van der Waals surface area contributed by atoms with Crippen molar-refractivity contribution >= 4 is 17.6 Å². The Morgan fingerprint density at radius 2 is 2.29 bits per heavy atom. The third-order valence-electron chi connectivity index (χ3n) is 2.07. The zero-order valence-corrected chi connectivity index (χ0v) is 9.52. The number of aryl methyl sites for hydroxylation is 1. The molecule has 17 heavy (non-hydrogen) atoms. The minimum Gasteiger partial charge on any atom is -0.476 e. The number of halogens is 1. The molecule has 0 bridgehead atoms. The first-order valence-electron chi connectivity index (χ1n) is 4.66. The Labute approximate surface area is 101 Å².